The molecule has 0 spiro atoms. The smallest absolute Gasteiger partial charge is 0.254 e. The number of hydrogen-bond donors (Lipinski definition) is 1. The fraction of sp³-hybridized carbons (Fsp3) is 0.250. The summed E-state index contributed by atoms with van der Waals surface area (Å²) in [7, 11) is 0. The molecule has 1 saturated carbocycles. The number of carbonyl (C=O) groups is 1. The van der Waals surface area contributed by atoms with E-state index < -0.39 is 0 Å². The van der Waals surface area contributed by atoms with Crippen molar-refractivity contribution in [3.05, 3.63) is 58.9 Å². The van der Waals surface area contributed by atoms with Crippen LogP contribution in [0.15, 0.2) is 42.7 Å². The van der Waals surface area contributed by atoms with E-state index >= 15 is 0 Å². The zero-order valence-electron chi connectivity index (χ0n) is 11.4. The van der Waals surface area contributed by atoms with Gasteiger partial charge >= 0.3 is 0 Å². The van der Waals surface area contributed by atoms with E-state index in [2.05, 4.69) is 4.98 Å². The maximum Gasteiger partial charge on any atom is 0.254 e. The van der Waals surface area contributed by atoms with Crippen LogP contribution in [0.5, 0.6) is 5.75 Å². The van der Waals surface area contributed by atoms with Gasteiger partial charge in [-0.2, -0.15) is 0 Å². The van der Waals surface area contributed by atoms with Crippen molar-refractivity contribution in [2.24, 2.45) is 0 Å². The summed E-state index contributed by atoms with van der Waals surface area (Å²) in [4.78, 5) is 18.5. The first-order valence-electron chi connectivity index (χ1n) is 6.83. The molecule has 5 heteroatoms. The summed E-state index contributed by atoms with van der Waals surface area (Å²) in [5.41, 5.74) is 1.55. The van der Waals surface area contributed by atoms with Crippen molar-refractivity contribution in [3.63, 3.8) is 0 Å². The third kappa shape index (κ3) is 3.16. The summed E-state index contributed by atoms with van der Waals surface area (Å²) in [6.45, 7) is 0.560. The Morgan fingerprint density at radius 3 is 2.62 bits per heavy atom. The fourth-order valence-electron chi connectivity index (χ4n) is 2.24. The van der Waals surface area contributed by atoms with Crippen molar-refractivity contribution < 1.29 is 9.90 Å². The highest BCUT2D eigenvalue weighted by Crippen LogP contribution is 2.31. The summed E-state index contributed by atoms with van der Waals surface area (Å²) in [6.07, 6.45) is 5.51. The summed E-state index contributed by atoms with van der Waals surface area (Å²) >= 11 is 5.89. The average Bonchev–Trinajstić information content (AvgIpc) is 3.33. The van der Waals surface area contributed by atoms with Crippen molar-refractivity contribution in [1.29, 1.82) is 0 Å². The van der Waals surface area contributed by atoms with Crippen LogP contribution in [-0.2, 0) is 6.54 Å². The van der Waals surface area contributed by atoms with Crippen molar-refractivity contribution in [3.8, 4) is 5.75 Å². The minimum atomic E-state index is -0.0591. The molecule has 108 valence electrons. The molecule has 1 aliphatic carbocycles. The van der Waals surface area contributed by atoms with Gasteiger partial charge in [0.2, 0.25) is 0 Å². The minimum Gasteiger partial charge on any atom is -0.506 e. The standard InChI is InChI=1S/C16H15ClN2O2/c17-14-9-12(1-4-15(14)20)16(21)19(13-2-3-13)10-11-5-7-18-8-6-11/h1,4-9,13,20H,2-3,10H2. The van der Waals surface area contributed by atoms with Crippen molar-refractivity contribution >= 4 is 17.5 Å². The van der Waals surface area contributed by atoms with Gasteiger partial charge < -0.3 is 10.0 Å². The number of nitrogens with zero attached hydrogens (tertiary/aromatic N) is 2. The Hall–Kier alpha value is -2.07. The minimum absolute atomic E-state index is 0.0136. The summed E-state index contributed by atoms with van der Waals surface area (Å²) < 4.78 is 0. The summed E-state index contributed by atoms with van der Waals surface area (Å²) in [5.74, 6) is -0.0727. The number of amides is 1. The molecule has 0 bridgehead atoms. The van der Waals surface area contributed by atoms with Crippen LogP contribution in [0.4, 0.5) is 0 Å². The first-order chi connectivity index (χ1) is 10.1. The highest BCUT2D eigenvalue weighted by atomic mass is 35.5. The van der Waals surface area contributed by atoms with Crippen LogP contribution in [0.1, 0.15) is 28.8 Å². The van der Waals surface area contributed by atoms with Gasteiger partial charge in [-0.05, 0) is 48.7 Å². The Labute approximate surface area is 128 Å². The molecule has 1 aliphatic rings. The van der Waals surface area contributed by atoms with Gasteiger partial charge in [0, 0.05) is 30.5 Å². The number of halogens is 1. The van der Waals surface area contributed by atoms with Crippen LogP contribution in [0.25, 0.3) is 0 Å². The topological polar surface area (TPSA) is 53.4 Å². The van der Waals surface area contributed by atoms with E-state index in [-0.39, 0.29) is 16.7 Å². The second kappa shape index (κ2) is 5.74. The van der Waals surface area contributed by atoms with Gasteiger partial charge in [0.1, 0.15) is 5.75 Å². The Bertz CT molecular complexity index is 657. The van der Waals surface area contributed by atoms with Crippen molar-refractivity contribution in [1.82, 2.24) is 9.88 Å². The molecule has 3 rings (SSSR count). The molecular weight excluding hydrogens is 288 g/mol. The van der Waals surface area contributed by atoms with Gasteiger partial charge in [-0.25, -0.2) is 0 Å². The fourth-order valence-corrected chi connectivity index (χ4v) is 2.42. The lowest BCUT2D eigenvalue weighted by molar-refractivity contribution is 0.0730. The largest absolute Gasteiger partial charge is 0.506 e. The number of carbonyl (C=O) groups excluding carboxylic acids is 1. The maximum absolute atomic E-state index is 12.7. The van der Waals surface area contributed by atoms with Crippen LogP contribution >= 0.6 is 11.6 Å². The van der Waals surface area contributed by atoms with Crippen molar-refractivity contribution in [2.45, 2.75) is 25.4 Å². The number of phenols is 1. The molecule has 0 aliphatic heterocycles. The number of aromatic hydroxyl groups is 1. The number of hydrogen-bond acceptors (Lipinski definition) is 3. The zero-order chi connectivity index (χ0) is 14.8. The van der Waals surface area contributed by atoms with Gasteiger partial charge in [-0.15, -0.1) is 0 Å². The Morgan fingerprint density at radius 2 is 2.00 bits per heavy atom. The van der Waals surface area contributed by atoms with E-state index in [4.69, 9.17) is 11.6 Å². The summed E-state index contributed by atoms with van der Waals surface area (Å²) in [6, 6.07) is 8.68. The Balaban J connectivity index is 1.83. The number of benzene rings is 1. The second-order valence-corrected chi connectivity index (χ2v) is 5.59. The molecule has 1 aromatic carbocycles. The van der Waals surface area contributed by atoms with E-state index in [1.807, 2.05) is 17.0 Å². The molecule has 0 atom stereocenters. The zero-order valence-corrected chi connectivity index (χ0v) is 12.1. The van der Waals surface area contributed by atoms with Crippen molar-refractivity contribution in [2.75, 3.05) is 0 Å². The second-order valence-electron chi connectivity index (χ2n) is 5.19. The highest BCUT2D eigenvalue weighted by Gasteiger charge is 2.33. The summed E-state index contributed by atoms with van der Waals surface area (Å²) in [5, 5.41) is 9.65. The lowest BCUT2D eigenvalue weighted by atomic mass is 10.1. The van der Waals surface area contributed by atoms with E-state index in [1.54, 1.807) is 18.5 Å². The molecular formula is C16H15ClN2O2. The lowest BCUT2D eigenvalue weighted by Crippen LogP contribution is -2.32. The Kier molecular flexibility index (Phi) is 3.80. The number of pyridine rings is 1. The molecule has 0 saturated heterocycles. The predicted molar refractivity (Wildman–Crippen MR) is 80.2 cm³/mol. The monoisotopic (exact) mass is 302 g/mol. The lowest BCUT2D eigenvalue weighted by Gasteiger charge is -2.22. The van der Waals surface area contributed by atoms with Gasteiger partial charge in [-0.1, -0.05) is 11.6 Å². The molecule has 1 fully saturated rings. The first kappa shape index (κ1) is 13.9. The molecule has 4 nitrogen and oxygen atoms in total. The molecule has 1 N–H and O–H groups in total. The van der Waals surface area contributed by atoms with Crippen LogP contribution in [0.2, 0.25) is 5.02 Å². The molecule has 1 heterocycles. The van der Waals surface area contributed by atoms with E-state index in [9.17, 15) is 9.90 Å². The van der Waals surface area contributed by atoms with Crippen LogP contribution < -0.4 is 0 Å². The van der Waals surface area contributed by atoms with Crippen LogP contribution in [-0.4, -0.2) is 26.9 Å². The van der Waals surface area contributed by atoms with Gasteiger partial charge in [0.25, 0.3) is 5.91 Å². The first-order valence-corrected chi connectivity index (χ1v) is 7.21. The predicted octanol–water partition coefficient (Wildman–Crippen LogP) is 3.25. The van der Waals surface area contributed by atoms with E-state index in [1.165, 1.54) is 12.1 Å². The molecule has 21 heavy (non-hydrogen) atoms. The number of rotatable bonds is 4. The Morgan fingerprint density at radius 1 is 1.29 bits per heavy atom. The van der Waals surface area contributed by atoms with Gasteiger partial charge in [0.15, 0.2) is 0 Å². The SMILES string of the molecule is O=C(c1ccc(O)c(Cl)c1)N(Cc1ccncc1)C1CC1. The molecule has 0 radical (unpaired) electrons. The highest BCUT2D eigenvalue weighted by molar-refractivity contribution is 6.32. The quantitative estimate of drug-likeness (QED) is 0.943. The third-order valence-corrected chi connectivity index (χ3v) is 3.85. The molecule has 1 amide bonds. The molecule has 2 aromatic rings. The molecule has 0 unspecified atom stereocenters. The number of phenolic OH excluding ortho intramolecular Hbond substituents is 1. The average molecular weight is 303 g/mol. The van der Waals surface area contributed by atoms with E-state index in [0.717, 1.165) is 18.4 Å². The van der Waals surface area contributed by atoms with E-state index in [0.29, 0.717) is 18.2 Å². The number of aromatic nitrogens is 1. The third-order valence-electron chi connectivity index (χ3n) is 3.55. The van der Waals surface area contributed by atoms with Gasteiger partial charge in [-0.3, -0.25) is 9.78 Å². The van der Waals surface area contributed by atoms with Crippen LogP contribution in [0.3, 0.4) is 0 Å². The normalized spacial score (nSPS) is 14.0. The maximum atomic E-state index is 12.7. The molecule has 1 aromatic heterocycles. The van der Waals surface area contributed by atoms with Gasteiger partial charge in [0.05, 0.1) is 5.02 Å². The van der Waals surface area contributed by atoms with Crippen LogP contribution in [0, 0.1) is 0 Å².